The molecule has 0 unspecified atom stereocenters. The first kappa shape index (κ1) is 54.1. The summed E-state index contributed by atoms with van der Waals surface area (Å²) < 4.78 is 0. The normalized spacial score (nSPS) is 11.3. The lowest BCUT2D eigenvalue weighted by Crippen LogP contribution is -1.87. The van der Waals surface area contributed by atoms with Crippen molar-refractivity contribution in [1.82, 2.24) is 59.8 Å². The molecule has 6 aromatic heterocycles. The molecule has 17 rings (SSSR count). The second-order valence-corrected chi connectivity index (χ2v) is 22.0. The Balaban J connectivity index is 0.000000114. The Morgan fingerprint density at radius 2 is 0.522 bits per heavy atom. The number of imidazole rings is 6. The molecule has 0 amide bonds. The highest BCUT2D eigenvalue weighted by atomic mass is 15.0. The molecule has 0 saturated heterocycles. The number of hydrogen-bond acceptors (Lipinski definition) is 10. The molecular weight excluding hydrogens is 1110 g/mol. The number of aromatic amines is 6. The van der Waals surface area contributed by atoms with E-state index in [1.165, 1.54) is 0 Å². The van der Waals surface area contributed by atoms with Gasteiger partial charge in [0.15, 0.2) is 0 Å². The van der Waals surface area contributed by atoms with Crippen LogP contribution in [0.5, 0.6) is 0 Å². The average Bonchev–Trinajstić information content (AvgIpc) is 2.13. The quantitative estimate of drug-likeness (QED) is 0.0580. The van der Waals surface area contributed by atoms with Crippen LogP contribution in [0, 0.1) is 0 Å². The van der Waals surface area contributed by atoms with Crippen molar-refractivity contribution in [2.24, 2.45) is 0 Å². The van der Waals surface area contributed by atoms with Crippen LogP contribution in [0.25, 0.3) is 157 Å². The Morgan fingerprint density at radius 1 is 0.267 bits per heavy atom. The van der Waals surface area contributed by atoms with Gasteiger partial charge in [-0.05, 0) is 203 Å². The Kier molecular flexibility index (Phi) is 13.8. The van der Waals surface area contributed by atoms with E-state index in [0.29, 0.717) is 0 Å². The molecule has 17 aromatic rings. The average molecular weight is 1170 g/mol. The monoisotopic (exact) mass is 1170 g/mol. The number of nitrogens with one attached hydrogen (secondary N) is 8. The summed E-state index contributed by atoms with van der Waals surface area (Å²) in [6, 6.07) is 79.9. The Bertz CT molecular complexity index is 5280. The Hall–Kier alpha value is -12.6. The first-order valence-corrected chi connectivity index (χ1v) is 29.5. The van der Waals surface area contributed by atoms with Crippen LogP contribution >= 0.6 is 0 Å². The van der Waals surface area contributed by atoms with Crippen molar-refractivity contribution in [2.75, 3.05) is 36.2 Å². The van der Waals surface area contributed by atoms with Gasteiger partial charge in [-0.1, -0.05) is 66.7 Å². The second-order valence-electron chi connectivity index (χ2n) is 22.0. The molecule has 0 radical (unpaired) electrons. The van der Waals surface area contributed by atoms with Crippen LogP contribution in [-0.4, -0.2) is 73.9 Å². The molecule has 0 spiro atoms. The van der Waals surface area contributed by atoms with Crippen molar-refractivity contribution >= 4 is 88.9 Å². The first-order valence-electron chi connectivity index (χ1n) is 29.5. The maximum atomic E-state index is 5.80. The third kappa shape index (κ3) is 10.9. The molecule has 90 heavy (non-hydrogen) atoms. The number of hydrogen-bond donors (Lipinski definition) is 10. The summed E-state index contributed by atoms with van der Waals surface area (Å²) in [6.45, 7) is 0. The number of nitrogens with zero attached hydrogens (tertiary/aromatic N) is 6. The third-order valence-corrected chi connectivity index (χ3v) is 16.1. The minimum absolute atomic E-state index is 0.742. The molecule has 0 aliphatic carbocycles. The molecule has 0 saturated carbocycles. The van der Waals surface area contributed by atoms with Gasteiger partial charge in [0, 0.05) is 64.7 Å². The fraction of sp³-hybridized carbons (Fsp3) is 0.0270. The van der Waals surface area contributed by atoms with E-state index in [4.69, 9.17) is 31.4 Å². The van der Waals surface area contributed by atoms with Crippen LogP contribution in [0.1, 0.15) is 0 Å². The van der Waals surface area contributed by atoms with Gasteiger partial charge in [-0.25, -0.2) is 29.9 Å². The highest BCUT2D eigenvalue weighted by molar-refractivity contribution is 5.92. The molecule has 0 bridgehead atoms. The molecule has 16 nitrogen and oxygen atoms in total. The van der Waals surface area contributed by atoms with E-state index in [-0.39, 0.29) is 0 Å². The minimum Gasteiger partial charge on any atom is -0.399 e. The Labute approximate surface area is 515 Å². The van der Waals surface area contributed by atoms with Crippen molar-refractivity contribution in [3.63, 3.8) is 0 Å². The van der Waals surface area contributed by atoms with Crippen molar-refractivity contribution in [3.05, 3.63) is 243 Å². The van der Waals surface area contributed by atoms with Gasteiger partial charge < -0.3 is 52.0 Å². The maximum absolute atomic E-state index is 5.80. The van der Waals surface area contributed by atoms with Crippen molar-refractivity contribution in [1.29, 1.82) is 0 Å². The molecule has 0 aliphatic heterocycles. The zero-order valence-corrected chi connectivity index (χ0v) is 48.9. The second kappa shape index (κ2) is 23.0. The summed E-state index contributed by atoms with van der Waals surface area (Å²) >= 11 is 0. The zero-order chi connectivity index (χ0) is 60.7. The first-order chi connectivity index (χ1) is 44.2. The molecule has 0 aliphatic rings. The number of H-pyrrole nitrogens is 6. The molecular formula is C74H58N16. The summed E-state index contributed by atoms with van der Waals surface area (Å²) in [6.07, 6.45) is 1.71. The van der Waals surface area contributed by atoms with E-state index < -0.39 is 0 Å². The predicted molar refractivity (Wildman–Crippen MR) is 369 cm³/mol. The van der Waals surface area contributed by atoms with Gasteiger partial charge in [0.2, 0.25) is 0 Å². The lowest BCUT2D eigenvalue weighted by molar-refractivity contribution is 1.33. The van der Waals surface area contributed by atoms with Crippen molar-refractivity contribution in [3.8, 4) is 90.3 Å². The Morgan fingerprint density at radius 3 is 0.822 bits per heavy atom. The van der Waals surface area contributed by atoms with Gasteiger partial charge in [0.05, 0.1) is 72.5 Å². The van der Waals surface area contributed by atoms with Gasteiger partial charge in [-0.15, -0.1) is 0 Å². The number of rotatable bonds is 10. The molecule has 434 valence electrons. The van der Waals surface area contributed by atoms with E-state index in [2.05, 4.69) is 208 Å². The van der Waals surface area contributed by atoms with Crippen molar-refractivity contribution in [2.45, 2.75) is 0 Å². The number of anilines is 4. The number of aromatic nitrogens is 12. The molecule has 6 heterocycles. The van der Waals surface area contributed by atoms with E-state index >= 15 is 0 Å². The molecule has 16 heteroatoms. The highest BCUT2D eigenvalue weighted by Gasteiger charge is 2.14. The van der Waals surface area contributed by atoms with Crippen LogP contribution in [0.15, 0.2) is 243 Å². The van der Waals surface area contributed by atoms with Gasteiger partial charge in [0.1, 0.15) is 29.1 Å². The predicted octanol–water partition coefficient (Wildman–Crippen LogP) is 16.9. The molecule has 12 N–H and O–H groups in total. The SMILES string of the molecule is CNc1ccc(-c2nc3ccc(-c4ccc5nc(-c6ccc(NC)cc6)[nH]c5c4)cc3[nH]2)cc1.Nc1ccc(-c2nc3ccc(-c4ccc5nc(-c6ccccc6)[nH]c5c4)cc3[nH]2)cc1.Nc1ccc(-c2nc3ccc(-c4ccc5nc[nH]c5c4)cc3[nH]2)cc1. The van der Waals surface area contributed by atoms with E-state index in [0.717, 1.165) is 179 Å². The zero-order valence-electron chi connectivity index (χ0n) is 48.9. The molecule has 0 atom stereocenters. The lowest BCUT2D eigenvalue weighted by Gasteiger charge is -2.02. The fourth-order valence-corrected chi connectivity index (χ4v) is 11.2. The van der Waals surface area contributed by atoms with Gasteiger partial charge in [-0.3, -0.25) is 0 Å². The van der Waals surface area contributed by atoms with Crippen LogP contribution < -0.4 is 22.1 Å². The summed E-state index contributed by atoms with van der Waals surface area (Å²) in [4.78, 5) is 48.3. The van der Waals surface area contributed by atoms with Crippen LogP contribution in [0.4, 0.5) is 22.7 Å². The summed E-state index contributed by atoms with van der Waals surface area (Å²) in [5, 5.41) is 6.29. The maximum Gasteiger partial charge on any atom is 0.138 e. The van der Waals surface area contributed by atoms with Crippen molar-refractivity contribution < 1.29 is 0 Å². The fourth-order valence-electron chi connectivity index (χ4n) is 11.2. The van der Waals surface area contributed by atoms with Crippen LogP contribution in [0.2, 0.25) is 0 Å². The van der Waals surface area contributed by atoms with E-state index in [1.54, 1.807) is 6.33 Å². The largest absolute Gasteiger partial charge is 0.399 e. The highest BCUT2D eigenvalue weighted by Crippen LogP contribution is 2.34. The van der Waals surface area contributed by atoms with Gasteiger partial charge in [0.25, 0.3) is 0 Å². The van der Waals surface area contributed by atoms with Gasteiger partial charge >= 0.3 is 0 Å². The standard InChI is InChI=1S/C28H24N6.C26H19N5.C20H15N5/c1-29-21-9-3-17(4-10-21)27-31-23-13-7-19(15-25(23)33-27)20-8-14-24-26(16-20)34-28(32-24)18-5-11-22(30-2)12-6-18;27-20-10-6-17(7-11-20)26-29-22-13-9-19(15-24(22)31-26)18-8-12-21-23(14-18)30-25(28-21)16-4-2-1-3-5-16;21-15-5-1-12(2-6-15)20-24-17-8-4-14(10-19(17)25-20)13-3-7-16-18(9-13)23-11-22-16/h3-16,29-30H,1-2H3,(H,31,33)(H,32,34);1-15H,27H2,(H,28,30)(H,29,31);1-11H,21H2,(H,22,23)(H,24,25). The topological polar surface area (TPSA) is 248 Å². The van der Waals surface area contributed by atoms with Gasteiger partial charge in [-0.2, -0.15) is 0 Å². The summed E-state index contributed by atoms with van der Waals surface area (Å²) in [7, 11) is 3.83. The number of nitrogen functional groups attached to an aromatic ring is 2. The summed E-state index contributed by atoms with van der Waals surface area (Å²) in [5.41, 5.74) is 39.0. The smallest absolute Gasteiger partial charge is 0.138 e. The minimum atomic E-state index is 0.742. The summed E-state index contributed by atoms with van der Waals surface area (Å²) in [5.74, 6) is 4.30. The number of fused-ring (bicyclic) bond motifs is 6. The number of benzene rings is 11. The van der Waals surface area contributed by atoms with E-state index in [9.17, 15) is 0 Å². The third-order valence-electron chi connectivity index (χ3n) is 16.1. The number of nitrogens with two attached hydrogens (primary N) is 2. The lowest BCUT2D eigenvalue weighted by atomic mass is 10.0. The van der Waals surface area contributed by atoms with Crippen LogP contribution in [0.3, 0.4) is 0 Å². The van der Waals surface area contributed by atoms with E-state index in [1.807, 2.05) is 93.0 Å². The molecule has 0 fully saturated rings. The molecule has 11 aromatic carbocycles. The van der Waals surface area contributed by atoms with Crippen LogP contribution in [-0.2, 0) is 0 Å².